The van der Waals surface area contributed by atoms with E-state index in [-0.39, 0.29) is 17.5 Å². The van der Waals surface area contributed by atoms with E-state index in [0.717, 1.165) is 56.0 Å². The molecule has 1 aromatic heterocycles. The minimum atomic E-state index is -0.380. The van der Waals surface area contributed by atoms with Crippen LogP contribution >= 0.6 is 24.4 Å². The van der Waals surface area contributed by atoms with Gasteiger partial charge in [-0.05, 0) is 89.5 Å². The van der Waals surface area contributed by atoms with Gasteiger partial charge in [-0.25, -0.2) is 14.4 Å². The van der Waals surface area contributed by atoms with Gasteiger partial charge in [-0.3, -0.25) is 0 Å². The molecule has 0 saturated heterocycles. The lowest BCUT2D eigenvalue weighted by atomic mass is 9.94. The molecule has 0 N–H and O–H groups in total. The number of aromatic nitrogens is 2. The number of fused-ring (bicyclic) bond motifs is 5. The van der Waals surface area contributed by atoms with Gasteiger partial charge < -0.3 is 9.64 Å². The van der Waals surface area contributed by atoms with Crippen LogP contribution in [0.2, 0.25) is 0 Å². The quantitative estimate of drug-likeness (QED) is 0.149. The van der Waals surface area contributed by atoms with Crippen LogP contribution < -0.4 is 9.64 Å². The van der Waals surface area contributed by atoms with Gasteiger partial charge in [0.15, 0.2) is 11.5 Å². The van der Waals surface area contributed by atoms with Crippen molar-refractivity contribution in [1.82, 2.24) is 9.97 Å². The van der Waals surface area contributed by atoms with Gasteiger partial charge in [-0.2, -0.15) is 9.98 Å². The Morgan fingerprint density at radius 3 is 1.88 bits per heavy atom. The molecule has 0 unspecified atom stereocenters. The minimum absolute atomic E-state index is 0.151. The van der Waals surface area contributed by atoms with Crippen LogP contribution in [-0.2, 0) is 0 Å². The predicted octanol–water partition coefficient (Wildman–Crippen LogP) is 10.1. The first-order valence-electron chi connectivity index (χ1n) is 13.3. The molecule has 6 nitrogen and oxygen atoms in total. The van der Waals surface area contributed by atoms with Crippen LogP contribution in [0.4, 0.5) is 33.1 Å². The van der Waals surface area contributed by atoms with E-state index in [1.807, 2.05) is 60.7 Å². The highest BCUT2D eigenvalue weighted by Gasteiger charge is 2.29. The first kappa shape index (κ1) is 25.3. The number of hydrogen-bond acceptors (Lipinski definition) is 8. The van der Waals surface area contributed by atoms with Crippen LogP contribution in [0.1, 0.15) is 0 Å². The number of halogens is 1. The van der Waals surface area contributed by atoms with E-state index in [2.05, 4.69) is 59.4 Å². The molecule has 5 aromatic carbocycles. The van der Waals surface area contributed by atoms with Crippen LogP contribution in [0, 0.1) is 5.82 Å². The van der Waals surface area contributed by atoms with Crippen molar-refractivity contribution < 1.29 is 9.13 Å². The lowest BCUT2D eigenvalue weighted by molar-refractivity contribution is 0.477. The number of rotatable bonds is 4. The van der Waals surface area contributed by atoms with Crippen LogP contribution in [-0.4, -0.2) is 20.3 Å². The molecular formula is C34H16FN5OS2. The zero-order chi connectivity index (χ0) is 29.1. The number of para-hydroxylation sites is 4. The molecule has 6 aromatic rings. The number of thiocarbonyl (C=S) groups is 2. The minimum Gasteiger partial charge on any atom is -0.453 e. The van der Waals surface area contributed by atoms with E-state index in [0.29, 0.717) is 17.0 Å². The summed E-state index contributed by atoms with van der Waals surface area (Å²) in [4.78, 5) is 19.5. The smallest absolute Gasteiger partial charge is 0.209 e. The Hall–Kier alpha value is -5.43. The van der Waals surface area contributed by atoms with Gasteiger partial charge in [0.05, 0.1) is 27.4 Å². The monoisotopic (exact) mass is 593 g/mol. The summed E-state index contributed by atoms with van der Waals surface area (Å²) in [7, 11) is 0. The number of ether oxygens (including phenoxy) is 1. The zero-order valence-electron chi connectivity index (χ0n) is 22.1. The first-order valence-corrected chi connectivity index (χ1v) is 14.1. The Kier molecular flexibility index (Phi) is 5.79. The Bertz CT molecular complexity index is 2210. The third-order valence-corrected chi connectivity index (χ3v) is 7.80. The van der Waals surface area contributed by atoms with E-state index in [9.17, 15) is 0 Å². The Morgan fingerprint density at radius 2 is 1.26 bits per heavy atom. The van der Waals surface area contributed by atoms with Gasteiger partial charge in [0.1, 0.15) is 11.5 Å². The molecule has 0 saturated carbocycles. The summed E-state index contributed by atoms with van der Waals surface area (Å²) >= 11 is 9.56. The zero-order valence-corrected chi connectivity index (χ0v) is 23.7. The van der Waals surface area contributed by atoms with Crippen molar-refractivity contribution in [2.45, 2.75) is 0 Å². The van der Waals surface area contributed by atoms with Gasteiger partial charge >= 0.3 is 0 Å². The van der Waals surface area contributed by atoms with Gasteiger partial charge in [0.25, 0.3) is 0 Å². The predicted molar refractivity (Wildman–Crippen MR) is 173 cm³/mol. The molecule has 0 amide bonds. The SMILES string of the molecule is Fc1cc2c3c(ccc(-c4ccc(N5c6ccccc6Oc6ccccc65)cc4)c3c1)-c1nc(N=C=S)c(N=C=S)nc1-2. The molecule has 2 aliphatic rings. The average molecular weight is 594 g/mol. The fraction of sp³-hybridized carbons (Fsp3) is 0. The molecule has 1 aliphatic heterocycles. The summed E-state index contributed by atoms with van der Waals surface area (Å²) in [5, 5.41) is 6.22. The maximum absolute atomic E-state index is 15.2. The fourth-order valence-electron chi connectivity index (χ4n) is 5.89. The average Bonchev–Trinajstić information content (AvgIpc) is 3.33. The van der Waals surface area contributed by atoms with Crippen molar-refractivity contribution >= 4 is 74.2 Å². The van der Waals surface area contributed by atoms with E-state index in [1.165, 1.54) is 6.07 Å². The van der Waals surface area contributed by atoms with E-state index < -0.39 is 0 Å². The Labute approximate surface area is 255 Å². The summed E-state index contributed by atoms with van der Waals surface area (Å²) < 4.78 is 21.3. The molecule has 0 fully saturated rings. The number of isothiocyanates is 2. The highest BCUT2D eigenvalue weighted by Crippen LogP contribution is 2.52. The van der Waals surface area contributed by atoms with Crippen LogP contribution in [0.15, 0.2) is 107 Å². The topological polar surface area (TPSA) is 63.0 Å². The first-order chi connectivity index (χ1) is 21.1. The third kappa shape index (κ3) is 3.92. The van der Waals surface area contributed by atoms with Gasteiger partial charge in [-0.15, -0.1) is 0 Å². The van der Waals surface area contributed by atoms with Crippen molar-refractivity contribution in [3.63, 3.8) is 0 Å². The standard InChI is InChI=1S/C34H16FN5OS2/c35-20-15-24-22(13-14-23-30(24)25(16-20)32-31(23)38-33(36-17-42)34(39-32)37-18-43)19-9-11-21(12-10-19)40-26-5-1-3-7-28(26)41-29-8-4-2-6-27(29)40/h1-16H. The fourth-order valence-corrected chi connectivity index (χ4v) is 6.06. The molecule has 0 bridgehead atoms. The van der Waals surface area contributed by atoms with E-state index in [4.69, 9.17) is 29.2 Å². The van der Waals surface area contributed by atoms with Crippen LogP contribution in [0.3, 0.4) is 0 Å². The normalized spacial score (nSPS) is 12.0. The molecule has 0 atom stereocenters. The second kappa shape index (κ2) is 9.84. The van der Waals surface area contributed by atoms with Crippen molar-refractivity contribution in [3.8, 4) is 45.1 Å². The second-order valence-corrected chi connectivity index (χ2v) is 10.3. The Balaban J connectivity index is 1.27. The second-order valence-electron chi connectivity index (χ2n) is 9.93. The molecule has 0 radical (unpaired) electrons. The lowest BCUT2D eigenvalue weighted by Gasteiger charge is -2.32. The number of anilines is 3. The Morgan fingerprint density at radius 1 is 0.674 bits per heavy atom. The molecule has 2 heterocycles. The summed E-state index contributed by atoms with van der Waals surface area (Å²) in [6.45, 7) is 0. The molecule has 8 rings (SSSR count). The highest BCUT2D eigenvalue weighted by atomic mass is 32.1. The molecule has 0 spiro atoms. The van der Waals surface area contributed by atoms with Crippen molar-refractivity contribution in [1.29, 1.82) is 0 Å². The van der Waals surface area contributed by atoms with Crippen molar-refractivity contribution in [3.05, 3.63) is 103 Å². The van der Waals surface area contributed by atoms with Gasteiger partial charge in [0, 0.05) is 22.2 Å². The maximum Gasteiger partial charge on any atom is 0.209 e. The summed E-state index contributed by atoms with van der Waals surface area (Å²) in [5.41, 5.74) is 7.24. The molecule has 1 aliphatic carbocycles. The van der Waals surface area contributed by atoms with Crippen molar-refractivity contribution in [2.24, 2.45) is 9.98 Å². The third-order valence-electron chi connectivity index (χ3n) is 7.62. The summed E-state index contributed by atoms with van der Waals surface area (Å²) in [6, 6.07) is 31.1. The maximum atomic E-state index is 15.2. The van der Waals surface area contributed by atoms with Crippen LogP contribution in [0.25, 0.3) is 44.4 Å². The van der Waals surface area contributed by atoms with E-state index in [1.54, 1.807) is 6.07 Å². The number of nitrogens with zero attached hydrogens (tertiary/aromatic N) is 5. The summed E-state index contributed by atoms with van der Waals surface area (Å²) in [5.74, 6) is 1.52. The number of hydrogen-bond donors (Lipinski definition) is 0. The van der Waals surface area contributed by atoms with Crippen molar-refractivity contribution in [2.75, 3.05) is 4.90 Å². The molecule has 43 heavy (non-hydrogen) atoms. The largest absolute Gasteiger partial charge is 0.453 e. The molecular weight excluding hydrogens is 578 g/mol. The molecule has 9 heteroatoms. The molecule has 202 valence electrons. The van der Waals surface area contributed by atoms with E-state index >= 15 is 4.39 Å². The lowest BCUT2D eigenvalue weighted by Crippen LogP contribution is -2.15. The number of benzene rings is 5. The number of aliphatic imine (C=N–C) groups is 2. The highest BCUT2D eigenvalue weighted by molar-refractivity contribution is 7.78. The van der Waals surface area contributed by atoms with Gasteiger partial charge in [-0.1, -0.05) is 48.5 Å². The van der Waals surface area contributed by atoms with Gasteiger partial charge in [0.2, 0.25) is 11.6 Å². The van der Waals surface area contributed by atoms with Crippen LogP contribution in [0.5, 0.6) is 11.5 Å². The summed E-state index contributed by atoms with van der Waals surface area (Å²) in [6.07, 6.45) is 0.